The van der Waals surface area contributed by atoms with E-state index in [-0.39, 0.29) is 5.78 Å². The molecule has 3 aromatic rings. The van der Waals surface area contributed by atoms with Crippen LogP contribution in [0.5, 0.6) is 0 Å². The Morgan fingerprint density at radius 2 is 1.89 bits per heavy atom. The van der Waals surface area contributed by atoms with Gasteiger partial charge >= 0.3 is 0 Å². The van der Waals surface area contributed by atoms with Crippen LogP contribution >= 0.6 is 11.6 Å². The molecule has 0 spiro atoms. The fourth-order valence-corrected chi connectivity index (χ4v) is 6.23. The number of carbonyl (C=O) groups excluding carboxylic acids is 1. The van der Waals surface area contributed by atoms with Crippen molar-refractivity contribution in [3.8, 4) is 11.4 Å². The highest BCUT2D eigenvalue weighted by molar-refractivity contribution is 6.33. The van der Waals surface area contributed by atoms with Gasteiger partial charge in [-0.05, 0) is 58.3 Å². The third-order valence-electron chi connectivity index (χ3n) is 8.17. The number of imidazole rings is 1. The van der Waals surface area contributed by atoms with Gasteiger partial charge in [0.15, 0.2) is 5.78 Å². The minimum absolute atomic E-state index is 0.258. The number of aryl methyl sites for hydroxylation is 1. The molecular formula is C30H39ClN6O. The maximum absolute atomic E-state index is 12.5. The van der Waals surface area contributed by atoms with Crippen molar-refractivity contribution in [3.63, 3.8) is 0 Å². The van der Waals surface area contributed by atoms with Gasteiger partial charge in [-0.2, -0.15) is 0 Å². The summed E-state index contributed by atoms with van der Waals surface area (Å²) >= 11 is 6.69. The van der Waals surface area contributed by atoms with Gasteiger partial charge in [0.1, 0.15) is 11.6 Å². The number of rotatable bonds is 9. The fourth-order valence-electron chi connectivity index (χ4n) is 5.94. The smallest absolute Gasteiger partial charge is 0.162 e. The molecule has 1 N–H and O–H groups in total. The zero-order valence-corrected chi connectivity index (χ0v) is 23.3. The molecule has 8 heteroatoms. The van der Waals surface area contributed by atoms with Gasteiger partial charge in [0.05, 0.1) is 5.02 Å². The van der Waals surface area contributed by atoms with Crippen molar-refractivity contribution in [2.45, 2.75) is 58.0 Å². The predicted octanol–water partition coefficient (Wildman–Crippen LogP) is 5.46. The van der Waals surface area contributed by atoms with Crippen LogP contribution in [0.1, 0.15) is 54.9 Å². The predicted molar refractivity (Wildman–Crippen MR) is 154 cm³/mol. The number of H-pyrrole nitrogens is 1. The Labute approximate surface area is 231 Å². The number of piperidine rings is 1. The number of carbonyl (C=O) groups is 1. The molecule has 0 aliphatic carbocycles. The van der Waals surface area contributed by atoms with Gasteiger partial charge in [0.25, 0.3) is 0 Å². The number of aromatic amines is 1. The lowest BCUT2D eigenvalue weighted by molar-refractivity contribution is 0.0624. The zero-order chi connectivity index (χ0) is 26.5. The van der Waals surface area contributed by atoms with Crippen molar-refractivity contribution in [1.29, 1.82) is 0 Å². The normalized spacial score (nSPS) is 19.7. The minimum atomic E-state index is 0.258. The molecule has 0 saturated carbocycles. The van der Waals surface area contributed by atoms with Crippen LogP contribution in [0.25, 0.3) is 11.4 Å². The van der Waals surface area contributed by atoms with Crippen molar-refractivity contribution in [2.75, 3.05) is 44.2 Å². The Morgan fingerprint density at radius 3 is 2.58 bits per heavy atom. The molecule has 1 aromatic carbocycles. The number of pyridine rings is 1. The van der Waals surface area contributed by atoms with E-state index in [1.807, 2.05) is 36.5 Å². The van der Waals surface area contributed by atoms with Gasteiger partial charge in [-0.1, -0.05) is 48.4 Å². The molecule has 2 aliphatic rings. The maximum atomic E-state index is 12.5. The van der Waals surface area contributed by atoms with Gasteiger partial charge in [0, 0.05) is 67.9 Å². The molecule has 0 amide bonds. The van der Waals surface area contributed by atoms with E-state index in [0.717, 1.165) is 74.9 Å². The van der Waals surface area contributed by atoms with E-state index in [1.54, 1.807) is 12.4 Å². The molecule has 7 nitrogen and oxygen atoms in total. The van der Waals surface area contributed by atoms with Crippen LogP contribution in [0, 0.1) is 6.92 Å². The van der Waals surface area contributed by atoms with Crippen LogP contribution < -0.4 is 4.90 Å². The fraction of sp³-hybridized carbons (Fsp3) is 0.500. The van der Waals surface area contributed by atoms with Gasteiger partial charge in [-0.3, -0.25) is 9.69 Å². The Balaban J connectivity index is 1.09. The summed E-state index contributed by atoms with van der Waals surface area (Å²) in [4.78, 5) is 32.3. The Bertz CT molecular complexity index is 1190. The molecule has 2 saturated heterocycles. The number of aromatic nitrogens is 3. The van der Waals surface area contributed by atoms with Crippen LogP contribution in [0.2, 0.25) is 5.02 Å². The van der Waals surface area contributed by atoms with E-state index in [2.05, 4.69) is 38.5 Å². The van der Waals surface area contributed by atoms with Crippen molar-refractivity contribution < 1.29 is 4.79 Å². The molecule has 2 fully saturated rings. The van der Waals surface area contributed by atoms with Gasteiger partial charge in [0.2, 0.25) is 0 Å². The zero-order valence-electron chi connectivity index (χ0n) is 22.6. The number of nitrogens with zero attached hydrogens (tertiary/aromatic N) is 5. The van der Waals surface area contributed by atoms with E-state index >= 15 is 0 Å². The SMILES string of the molecule is CCC1CN(c2ncc(-c3ncc[nH]3)cc2Cl)CCN1C1CCN(CCCC(=O)c2ccc(C)cc2)CC1. The molecule has 0 bridgehead atoms. The molecule has 5 rings (SSSR count). The van der Waals surface area contributed by atoms with Crippen LogP contribution in [-0.2, 0) is 0 Å². The maximum Gasteiger partial charge on any atom is 0.162 e. The third-order valence-corrected chi connectivity index (χ3v) is 8.45. The molecule has 38 heavy (non-hydrogen) atoms. The Morgan fingerprint density at radius 1 is 1.11 bits per heavy atom. The number of halogens is 1. The van der Waals surface area contributed by atoms with E-state index in [9.17, 15) is 4.79 Å². The Kier molecular flexibility index (Phi) is 8.77. The first-order valence-electron chi connectivity index (χ1n) is 14.0. The van der Waals surface area contributed by atoms with E-state index in [1.165, 1.54) is 18.4 Å². The lowest BCUT2D eigenvalue weighted by atomic mass is 9.97. The van der Waals surface area contributed by atoms with Crippen LogP contribution in [0.3, 0.4) is 0 Å². The van der Waals surface area contributed by atoms with E-state index in [4.69, 9.17) is 16.6 Å². The number of anilines is 1. The summed E-state index contributed by atoms with van der Waals surface area (Å²) < 4.78 is 0. The largest absolute Gasteiger partial charge is 0.353 e. The molecule has 1 atom stereocenters. The lowest BCUT2D eigenvalue weighted by Gasteiger charge is -2.47. The van der Waals surface area contributed by atoms with Gasteiger partial charge in [-0.15, -0.1) is 0 Å². The molecular weight excluding hydrogens is 496 g/mol. The summed E-state index contributed by atoms with van der Waals surface area (Å²) in [6.45, 7) is 10.5. The second-order valence-electron chi connectivity index (χ2n) is 10.7. The standard InChI is InChI=1S/C30H39ClN6O/c1-3-25-21-36(30-27(31)19-24(20-34-30)29-32-12-13-33-29)17-18-37(25)26-10-15-35(16-11-26)14-4-5-28(38)23-8-6-22(2)7-9-23/h6-9,12-13,19-20,25-26H,3-5,10-11,14-18,21H2,1-2H3,(H,32,33). The van der Waals surface area contributed by atoms with Crippen molar-refractivity contribution >= 4 is 23.2 Å². The average Bonchev–Trinajstić information content (AvgIpc) is 3.49. The number of benzene rings is 1. The van der Waals surface area contributed by atoms with Gasteiger partial charge < -0.3 is 14.8 Å². The minimum Gasteiger partial charge on any atom is -0.353 e. The first-order valence-corrected chi connectivity index (χ1v) is 14.4. The number of hydrogen-bond donors (Lipinski definition) is 1. The summed E-state index contributed by atoms with van der Waals surface area (Å²) in [6.07, 6.45) is 10.5. The highest BCUT2D eigenvalue weighted by Gasteiger charge is 2.34. The summed E-state index contributed by atoms with van der Waals surface area (Å²) in [5.41, 5.74) is 2.93. The van der Waals surface area contributed by atoms with Crippen molar-refractivity contribution in [1.82, 2.24) is 24.8 Å². The second kappa shape index (κ2) is 12.4. The molecule has 0 radical (unpaired) electrons. The molecule has 1 unspecified atom stereocenters. The average molecular weight is 535 g/mol. The number of Topliss-reactive ketones (excluding diaryl/α,β-unsaturated/α-hetero) is 1. The van der Waals surface area contributed by atoms with Crippen LogP contribution in [0.15, 0.2) is 48.9 Å². The highest BCUT2D eigenvalue weighted by Crippen LogP contribution is 2.31. The van der Waals surface area contributed by atoms with Crippen LogP contribution in [-0.4, -0.2) is 81.9 Å². The summed E-state index contributed by atoms with van der Waals surface area (Å²) in [6, 6.07) is 11.0. The number of nitrogens with one attached hydrogen (secondary N) is 1. The van der Waals surface area contributed by atoms with Crippen LogP contribution in [0.4, 0.5) is 5.82 Å². The van der Waals surface area contributed by atoms with Crippen molar-refractivity contribution in [3.05, 3.63) is 65.1 Å². The number of hydrogen-bond acceptors (Lipinski definition) is 6. The monoisotopic (exact) mass is 534 g/mol. The highest BCUT2D eigenvalue weighted by atomic mass is 35.5. The van der Waals surface area contributed by atoms with E-state index < -0.39 is 0 Å². The summed E-state index contributed by atoms with van der Waals surface area (Å²) in [7, 11) is 0. The second-order valence-corrected chi connectivity index (χ2v) is 11.1. The first kappa shape index (κ1) is 26.9. The topological polar surface area (TPSA) is 68.4 Å². The number of piperazine rings is 1. The third kappa shape index (κ3) is 6.28. The number of likely N-dealkylation sites (tertiary alicyclic amines) is 1. The number of ketones is 1. The quantitative estimate of drug-likeness (QED) is 0.368. The molecule has 202 valence electrons. The van der Waals surface area contributed by atoms with Crippen molar-refractivity contribution in [2.24, 2.45) is 0 Å². The summed E-state index contributed by atoms with van der Waals surface area (Å²) in [5.74, 6) is 1.91. The molecule has 2 aliphatic heterocycles. The Hall–Kier alpha value is -2.74. The summed E-state index contributed by atoms with van der Waals surface area (Å²) in [5, 5.41) is 0.677. The first-order chi connectivity index (χ1) is 18.5. The lowest BCUT2D eigenvalue weighted by Crippen LogP contribution is -2.58. The molecule has 2 aromatic heterocycles. The van der Waals surface area contributed by atoms with Gasteiger partial charge in [-0.25, -0.2) is 9.97 Å². The molecule has 4 heterocycles. The van der Waals surface area contributed by atoms with E-state index in [0.29, 0.717) is 23.5 Å².